The van der Waals surface area contributed by atoms with Crippen molar-refractivity contribution in [3.63, 3.8) is 0 Å². The highest BCUT2D eigenvalue weighted by molar-refractivity contribution is 5.64. The molecular weight excluding hydrogens is 217 g/mol. The predicted molar refractivity (Wildman–Crippen MR) is 66.6 cm³/mol. The van der Waals surface area contributed by atoms with Gasteiger partial charge in [-0.15, -0.1) is 0 Å². The average Bonchev–Trinajstić information content (AvgIpc) is 2.38. The van der Waals surface area contributed by atoms with Gasteiger partial charge in [0, 0.05) is 19.8 Å². The Morgan fingerprint density at radius 2 is 1.88 bits per heavy atom. The number of hydrogen-bond donors (Lipinski definition) is 1. The van der Waals surface area contributed by atoms with Gasteiger partial charge in [-0.1, -0.05) is 12.1 Å². The van der Waals surface area contributed by atoms with Gasteiger partial charge in [0.05, 0.1) is 17.1 Å². The molecule has 0 amide bonds. The molecule has 2 N–H and O–H groups in total. The van der Waals surface area contributed by atoms with Crippen LogP contribution < -0.4 is 10.6 Å². The Hall–Kier alpha value is -1.94. The summed E-state index contributed by atoms with van der Waals surface area (Å²) < 4.78 is 13.7. The number of nitrogens with zero attached hydrogens (tertiary/aromatic N) is 2. The minimum Gasteiger partial charge on any atom is -0.341 e. The standard InChI is InChI=1S/C13H14FN3/c1-17(12-6-3-2-5-10(12)14)13-7-4-8-16-11(13)9-15/h2-8H,9,15H2,1H3. The van der Waals surface area contributed by atoms with E-state index in [2.05, 4.69) is 4.98 Å². The lowest BCUT2D eigenvalue weighted by molar-refractivity contribution is 0.627. The lowest BCUT2D eigenvalue weighted by Crippen LogP contribution is -2.15. The van der Waals surface area contributed by atoms with Crippen molar-refractivity contribution in [2.45, 2.75) is 6.54 Å². The van der Waals surface area contributed by atoms with Gasteiger partial charge in [-0.3, -0.25) is 4.98 Å². The van der Waals surface area contributed by atoms with Gasteiger partial charge >= 0.3 is 0 Å². The average molecular weight is 231 g/mol. The Morgan fingerprint density at radius 1 is 1.18 bits per heavy atom. The summed E-state index contributed by atoms with van der Waals surface area (Å²) in [4.78, 5) is 5.94. The van der Waals surface area contributed by atoms with Gasteiger partial charge in [0.1, 0.15) is 5.82 Å². The Balaban J connectivity index is 2.44. The fourth-order valence-electron chi connectivity index (χ4n) is 1.75. The SMILES string of the molecule is CN(c1ccccc1F)c1cccnc1CN. The number of para-hydroxylation sites is 1. The summed E-state index contributed by atoms with van der Waals surface area (Å²) in [5.74, 6) is -0.262. The molecule has 0 aliphatic heterocycles. The van der Waals surface area contributed by atoms with Gasteiger partial charge in [-0.2, -0.15) is 0 Å². The number of benzene rings is 1. The topological polar surface area (TPSA) is 42.2 Å². The molecule has 0 saturated carbocycles. The van der Waals surface area contributed by atoms with E-state index in [1.54, 1.807) is 36.3 Å². The number of rotatable bonds is 3. The third kappa shape index (κ3) is 2.26. The maximum atomic E-state index is 13.7. The Kier molecular flexibility index (Phi) is 3.35. The number of hydrogen-bond acceptors (Lipinski definition) is 3. The van der Waals surface area contributed by atoms with Crippen LogP contribution >= 0.6 is 0 Å². The molecule has 0 bridgehead atoms. The fraction of sp³-hybridized carbons (Fsp3) is 0.154. The van der Waals surface area contributed by atoms with E-state index >= 15 is 0 Å². The molecule has 0 atom stereocenters. The largest absolute Gasteiger partial charge is 0.341 e. The summed E-state index contributed by atoms with van der Waals surface area (Å²) in [6.07, 6.45) is 1.68. The first kappa shape index (κ1) is 11.5. The summed E-state index contributed by atoms with van der Waals surface area (Å²) in [5, 5.41) is 0. The molecule has 0 fully saturated rings. The van der Waals surface area contributed by atoms with E-state index in [-0.39, 0.29) is 5.82 Å². The van der Waals surface area contributed by atoms with E-state index in [1.807, 2.05) is 12.1 Å². The normalized spacial score (nSPS) is 10.3. The minimum atomic E-state index is -0.262. The summed E-state index contributed by atoms with van der Waals surface area (Å²) >= 11 is 0. The van der Waals surface area contributed by atoms with Crippen molar-refractivity contribution in [2.24, 2.45) is 5.73 Å². The maximum Gasteiger partial charge on any atom is 0.146 e. The van der Waals surface area contributed by atoms with E-state index in [9.17, 15) is 4.39 Å². The minimum absolute atomic E-state index is 0.262. The van der Waals surface area contributed by atoms with Crippen LogP contribution in [0.25, 0.3) is 0 Å². The molecule has 88 valence electrons. The summed E-state index contributed by atoms with van der Waals surface area (Å²) in [6, 6.07) is 10.3. The lowest BCUT2D eigenvalue weighted by Gasteiger charge is -2.21. The monoisotopic (exact) mass is 231 g/mol. The fourth-order valence-corrected chi connectivity index (χ4v) is 1.75. The van der Waals surface area contributed by atoms with Crippen LogP contribution in [-0.4, -0.2) is 12.0 Å². The van der Waals surface area contributed by atoms with Crippen LogP contribution in [0.1, 0.15) is 5.69 Å². The predicted octanol–water partition coefficient (Wildman–Crippen LogP) is 2.45. The van der Waals surface area contributed by atoms with Crippen molar-refractivity contribution in [1.29, 1.82) is 0 Å². The lowest BCUT2D eigenvalue weighted by atomic mass is 10.2. The van der Waals surface area contributed by atoms with Crippen molar-refractivity contribution < 1.29 is 4.39 Å². The van der Waals surface area contributed by atoms with Crippen LogP contribution in [0.3, 0.4) is 0 Å². The van der Waals surface area contributed by atoms with Gasteiger partial charge in [0.2, 0.25) is 0 Å². The second-order valence-electron chi connectivity index (χ2n) is 3.68. The van der Waals surface area contributed by atoms with Crippen LogP contribution in [-0.2, 0) is 6.54 Å². The number of aromatic nitrogens is 1. The first-order valence-corrected chi connectivity index (χ1v) is 5.36. The summed E-state index contributed by atoms with van der Waals surface area (Å²) in [5.41, 5.74) is 7.70. The van der Waals surface area contributed by atoms with Crippen LogP contribution in [0.5, 0.6) is 0 Å². The van der Waals surface area contributed by atoms with Crippen LogP contribution in [0, 0.1) is 5.82 Å². The molecule has 0 aliphatic rings. The molecule has 0 unspecified atom stereocenters. The molecule has 1 aromatic heterocycles. The van der Waals surface area contributed by atoms with E-state index in [1.165, 1.54) is 6.07 Å². The number of nitrogens with two attached hydrogens (primary N) is 1. The number of halogens is 1. The summed E-state index contributed by atoms with van der Waals surface area (Å²) in [6.45, 7) is 0.328. The van der Waals surface area contributed by atoms with E-state index in [4.69, 9.17) is 5.73 Å². The number of anilines is 2. The third-order valence-electron chi connectivity index (χ3n) is 2.63. The third-order valence-corrected chi connectivity index (χ3v) is 2.63. The van der Waals surface area contributed by atoms with Crippen LogP contribution in [0.4, 0.5) is 15.8 Å². The second-order valence-corrected chi connectivity index (χ2v) is 3.68. The van der Waals surface area contributed by atoms with Gasteiger partial charge in [-0.05, 0) is 24.3 Å². The molecule has 4 heteroatoms. The zero-order valence-electron chi connectivity index (χ0n) is 9.60. The molecule has 1 heterocycles. The van der Waals surface area contributed by atoms with Crippen LogP contribution in [0.2, 0.25) is 0 Å². The first-order valence-electron chi connectivity index (χ1n) is 5.36. The van der Waals surface area contributed by atoms with Gasteiger partial charge in [0.15, 0.2) is 0 Å². The van der Waals surface area contributed by atoms with Crippen molar-refractivity contribution in [3.05, 3.63) is 54.1 Å². The Morgan fingerprint density at radius 3 is 2.59 bits per heavy atom. The molecule has 0 spiro atoms. The molecule has 2 aromatic rings. The molecule has 17 heavy (non-hydrogen) atoms. The highest BCUT2D eigenvalue weighted by Gasteiger charge is 2.11. The van der Waals surface area contributed by atoms with E-state index in [0.29, 0.717) is 12.2 Å². The van der Waals surface area contributed by atoms with Crippen LogP contribution in [0.15, 0.2) is 42.6 Å². The van der Waals surface area contributed by atoms with Gasteiger partial charge in [-0.25, -0.2) is 4.39 Å². The first-order chi connectivity index (χ1) is 8.24. The van der Waals surface area contributed by atoms with Crippen molar-refractivity contribution in [3.8, 4) is 0 Å². The Bertz CT molecular complexity index is 514. The molecule has 0 aliphatic carbocycles. The Labute approximate surface area is 99.7 Å². The van der Waals surface area contributed by atoms with Gasteiger partial charge < -0.3 is 10.6 Å². The van der Waals surface area contributed by atoms with Crippen molar-refractivity contribution in [1.82, 2.24) is 4.98 Å². The summed E-state index contributed by atoms with van der Waals surface area (Å²) in [7, 11) is 1.80. The van der Waals surface area contributed by atoms with Crippen molar-refractivity contribution in [2.75, 3.05) is 11.9 Å². The molecule has 0 radical (unpaired) electrons. The molecular formula is C13H14FN3. The maximum absolute atomic E-state index is 13.7. The highest BCUT2D eigenvalue weighted by Crippen LogP contribution is 2.27. The zero-order chi connectivity index (χ0) is 12.3. The zero-order valence-corrected chi connectivity index (χ0v) is 9.60. The van der Waals surface area contributed by atoms with Crippen molar-refractivity contribution >= 4 is 11.4 Å². The smallest absolute Gasteiger partial charge is 0.146 e. The quantitative estimate of drug-likeness (QED) is 0.882. The molecule has 2 rings (SSSR count). The molecule has 0 saturated heterocycles. The number of pyridine rings is 1. The molecule has 3 nitrogen and oxygen atoms in total. The van der Waals surface area contributed by atoms with Gasteiger partial charge in [0.25, 0.3) is 0 Å². The van der Waals surface area contributed by atoms with E-state index < -0.39 is 0 Å². The second kappa shape index (κ2) is 4.93. The molecule has 1 aromatic carbocycles. The van der Waals surface area contributed by atoms with E-state index in [0.717, 1.165) is 11.4 Å². The highest BCUT2D eigenvalue weighted by atomic mass is 19.1.